The largest absolute Gasteiger partial charge is 0.492 e. The first-order chi connectivity index (χ1) is 21.9. The lowest BCUT2D eigenvalue weighted by atomic mass is 9.91. The molecule has 1 unspecified atom stereocenters. The molecule has 46 heavy (non-hydrogen) atoms. The first kappa shape index (κ1) is 35.2. The summed E-state index contributed by atoms with van der Waals surface area (Å²) in [6.45, 7) is 6.28. The van der Waals surface area contributed by atoms with Crippen LogP contribution in [0.4, 0.5) is 17.6 Å². The number of carbonyl (C=O) groups excluding carboxylic acids is 1. The molecule has 0 aromatic heterocycles. The fourth-order valence-electron chi connectivity index (χ4n) is 5.50. The van der Waals surface area contributed by atoms with Crippen molar-refractivity contribution in [2.45, 2.75) is 64.2 Å². The molecule has 1 atom stereocenters. The van der Waals surface area contributed by atoms with Gasteiger partial charge in [0, 0.05) is 24.2 Å². The van der Waals surface area contributed by atoms with Gasteiger partial charge in [0.05, 0.1) is 17.1 Å². The molecule has 246 valence electrons. The summed E-state index contributed by atoms with van der Waals surface area (Å²) >= 11 is 3.40. The number of halogens is 5. The monoisotopic (exact) mass is 704 g/mol. The minimum absolute atomic E-state index is 0.0412. The van der Waals surface area contributed by atoms with Crippen LogP contribution in [0.1, 0.15) is 60.9 Å². The number of aryl methyl sites for hydroxylation is 2. The van der Waals surface area contributed by atoms with Crippen LogP contribution in [0.15, 0.2) is 76.8 Å². The van der Waals surface area contributed by atoms with Crippen LogP contribution in [0.5, 0.6) is 5.75 Å². The van der Waals surface area contributed by atoms with Gasteiger partial charge in [-0.1, -0.05) is 48.5 Å². The number of carboxylic acid groups (broad SMARTS) is 1. The van der Waals surface area contributed by atoms with Gasteiger partial charge in [0.25, 0.3) is 5.91 Å². The van der Waals surface area contributed by atoms with Crippen molar-refractivity contribution in [3.8, 4) is 5.75 Å². The van der Waals surface area contributed by atoms with Gasteiger partial charge in [-0.05, 0) is 108 Å². The molecule has 1 amide bonds. The summed E-state index contributed by atoms with van der Waals surface area (Å²) in [7, 11) is 0. The number of nitrogens with zero attached hydrogens (tertiary/aromatic N) is 1. The van der Waals surface area contributed by atoms with Crippen molar-refractivity contribution < 1.29 is 37.0 Å². The van der Waals surface area contributed by atoms with Gasteiger partial charge in [-0.3, -0.25) is 4.79 Å². The van der Waals surface area contributed by atoms with Gasteiger partial charge in [0.1, 0.15) is 11.6 Å². The van der Waals surface area contributed by atoms with E-state index in [2.05, 4.69) is 88.5 Å². The Kier molecular flexibility index (Phi) is 12.0. The van der Waals surface area contributed by atoms with Gasteiger partial charge < -0.3 is 20.1 Å². The lowest BCUT2D eigenvalue weighted by Crippen LogP contribution is -2.41. The molecule has 0 saturated heterocycles. The van der Waals surface area contributed by atoms with Gasteiger partial charge in [-0.25, -0.2) is 9.18 Å². The Morgan fingerprint density at radius 2 is 1.76 bits per heavy atom. The second-order valence-electron chi connectivity index (χ2n) is 11.4. The van der Waals surface area contributed by atoms with Gasteiger partial charge in [-0.15, -0.1) is 0 Å². The maximum Gasteiger partial charge on any atom is 0.490 e. The molecule has 2 aliphatic rings. The highest BCUT2D eigenvalue weighted by molar-refractivity contribution is 9.10. The van der Waals surface area contributed by atoms with Crippen LogP contribution in [0.2, 0.25) is 0 Å². The average molecular weight is 706 g/mol. The van der Waals surface area contributed by atoms with Gasteiger partial charge >= 0.3 is 12.1 Å². The molecular formula is C35H37BrF4N2O4. The van der Waals surface area contributed by atoms with Crippen LogP contribution >= 0.6 is 15.9 Å². The van der Waals surface area contributed by atoms with Crippen molar-refractivity contribution in [2.24, 2.45) is 0 Å². The number of ether oxygens (including phenoxy) is 1. The van der Waals surface area contributed by atoms with Crippen molar-refractivity contribution in [2.75, 3.05) is 19.7 Å². The highest BCUT2D eigenvalue weighted by Gasteiger charge is 2.39. The van der Waals surface area contributed by atoms with Crippen molar-refractivity contribution in [3.63, 3.8) is 0 Å². The normalized spacial score (nSPS) is 15.5. The van der Waals surface area contributed by atoms with E-state index in [9.17, 15) is 22.4 Å². The Hall–Kier alpha value is -3.70. The number of carbonyl (C=O) groups is 2. The number of hydrogen-bond donors (Lipinski definition) is 2. The van der Waals surface area contributed by atoms with E-state index >= 15 is 0 Å². The highest BCUT2D eigenvalue weighted by Crippen LogP contribution is 2.38. The minimum atomic E-state index is -5.08. The number of hydrogen-bond acceptors (Lipinski definition) is 4. The van der Waals surface area contributed by atoms with Gasteiger partial charge in [-0.2, -0.15) is 13.2 Å². The molecule has 1 saturated carbocycles. The smallest absolute Gasteiger partial charge is 0.490 e. The summed E-state index contributed by atoms with van der Waals surface area (Å²) in [6.07, 6.45) is -0.401. The molecule has 3 aromatic rings. The Balaban J connectivity index is 0.000000617. The first-order valence-corrected chi connectivity index (χ1v) is 15.9. The zero-order valence-corrected chi connectivity index (χ0v) is 27.3. The molecule has 1 fully saturated rings. The molecule has 0 bridgehead atoms. The Bertz CT molecular complexity index is 1550. The maximum atomic E-state index is 14.1. The molecular weight excluding hydrogens is 668 g/mol. The van der Waals surface area contributed by atoms with Crippen molar-refractivity contribution in [3.05, 3.63) is 105 Å². The number of rotatable bonds is 10. The van der Waals surface area contributed by atoms with Crippen LogP contribution in [-0.4, -0.2) is 53.8 Å². The molecule has 6 nitrogen and oxygen atoms in total. The van der Waals surface area contributed by atoms with E-state index in [-0.39, 0.29) is 17.8 Å². The summed E-state index contributed by atoms with van der Waals surface area (Å²) in [5, 5.41) is 10.6. The molecule has 3 aromatic carbocycles. The quantitative estimate of drug-likeness (QED) is 0.165. The summed E-state index contributed by atoms with van der Waals surface area (Å²) in [5.74, 6) is -2.37. The number of alkyl halides is 3. The topological polar surface area (TPSA) is 78.9 Å². The van der Waals surface area contributed by atoms with Crippen molar-refractivity contribution >= 4 is 33.4 Å². The predicted molar refractivity (Wildman–Crippen MR) is 172 cm³/mol. The van der Waals surface area contributed by atoms with E-state index in [1.54, 1.807) is 6.07 Å². The van der Waals surface area contributed by atoms with Crippen LogP contribution in [0, 0.1) is 12.7 Å². The third-order valence-electron chi connectivity index (χ3n) is 8.01. The fourth-order valence-corrected chi connectivity index (χ4v) is 5.86. The van der Waals surface area contributed by atoms with E-state index < -0.39 is 12.1 Å². The SMILES string of the molecule is Cc1ccccc1C(C)N(C(=O)C1=C(c2ccc(CCCOc3cc(F)ccc3Br)cc2)CCNC1)C1CC1.O=C(O)C(F)(F)F. The molecule has 2 N–H and O–H groups in total. The Morgan fingerprint density at radius 3 is 2.39 bits per heavy atom. The fraction of sp³-hybridized carbons (Fsp3) is 0.371. The van der Waals surface area contributed by atoms with Crippen LogP contribution in [0.25, 0.3) is 5.57 Å². The number of carboxylic acids is 1. The minimum Gasteiger partial charge on any atom is -0.492 e. The molecule has 5 rings (SSSR count). The highest BCUT2D eigenvalue weighted by atomic mass is 79.9. The van der Waals surface area contributed by atoms with E-state index in [0.717, 1.165) is 59.8 Å². The second kappa shape index (κ2) is 15.7. The maximum absolute atomic E-state index is 14.1. The predicted octanol–water partition coefficient (Wildman–Crippen LogP) is 8.04. The third-order valence-corrected chi connectivity index (χ3v) is 8.67. The van der Waals surface area contributed by atoms with E-state index in [0.29, 0.717) is 24.9 Å². The molecule has 11 heteroatoms. The number of amides is 1. The standard InChI is InChI=1S/C33H36BrFN2O2.C2HF3O2/c1-22-6-3-4-8-28(22)23(2)37(27-14-15-27)33(38)30-21-36-18-17-29(30)25-11-9-24(10-12-25)7-5-19-39-32-20-26(35)13-16-31(32)34;3-2(4,5)1(6)7/h3-4,6,8-13,16,20,23,27,36H,5,7,14-15,17-19,21H2,1-2H3;(H,6,7). The Morgan fingerprint density at radius 1 is 1.09 bits per heavy atom. The van der Waals surface area contributed by atoms with Crippen LogP contribution < -0.4 is 10.1 Å². The molecule has 0 radical (unpaired) electrons. The van der Waals surface area contributed by atoms with Gasteiger partial charge in [0.2, 0.25) is 0 Å². The van der Waals surface area contributed by atoms with E-state index in [4.69, 9.17) is 14.6 Å². The van der Waals surface area contributed by atoms with Crippen molar-refractivity contribution in [1.82, 2.24) is 10.2 Å². The first-order valence-electron chi connectivity index (χ1n) is 15.1. The lowest BCUT2D eigenvalue weighted by Gasteiger charge is -2.33. The molecule has 0 spiro atoms. The van der Waals surface area contributed by atoms with Gasteiger partial charge in [0.15, 0.2) is 0 Å². The second-order valence-corrected chi connectivity index (χ2v) is 12.2. The number of benzene rings is 3. The number of aliphatic carboxylic acids is 1. The average Bonchev–Trinajstić information content (AvgIpc) is 3.86. The Labute approximate surface area is 274 Å². The zero-order valence-electron chi connectivity index (χ0n) is 25.7. The molecule has 1 heterocycles. The molecule has 1 aliphatic carbocycles. The zero-order chi connectivity index (χ0) is 33.4. The molecule has 1 aliphatic heterocycles. The number of nitrogens with one attached hydrogen (secondary N) is 1. The van der Waals surface area contributed by atoms with E-state index in [1.165, 1.54) is 28.8 Å². The summed E-state index contributed by atoms with van der Waals surface area (Å²) in [6, 6.07) is 21.8. The lowest BCUT2D eigenvalue weighted by molar-refractivity contribution is -0.192. The van der Waals surface area contributed by atoms with Crippen molar-refractivity contribution in [1.29, 1.82) is 0 Å². The summed E-state index contributed by atoms with van der Waals surface area (Å²) in [5.41, 5.74) is 6.85. The summed E-state index contributed by atoms with van der Waals surface area (Å²) < 4.78 is 51.7. The van der Waals surface area contributed by atoms with Crippen LogP contribution in [-0.2, 0) is 16.0 Å². The van der Waals surface area contributed by atoms with E-state index in [1.807, 2.05) is 0 Å². The third kappa shape index (κ3) is 9.42. The van der Waals surface area contributed by atoms with Crippen LogP contribution in [0.3, 0.4) is 0 Å². The summed E-state index contributed by atoms with van der Waals surface area (Å²) in [4.78, 5) is 25.1.